The highest BCUT2D eigenvalue weighted by atomic mass is 35.5. The molecule has 0 bridgehead atoms. The van der Waals surface area contributed by atoms with Gasteiger partial charge in [0.2, 0.25) is 0 Å². The molecule has 1 fully saturated rings. The van der Waals surface area contributed by atoms with Gasteiger partial charge >= 0.3 is 0 Å². The highest BCUT2D eigenvalue weighted by Gasteiger charge is 2.33. The van der Waals surface area contributed by atoms with Crippen molar-refractivity contribution >= 4 is 33.2 Å². The molecule has 0 unspecified atom stereocenters. The molecule has 3 rings (SSSR count). The fourth-order valence-electron chi connectivity index (χ4n) is 3.65. The summed E-state index contributed by atoms with van der Waals surface area (Å²) in [6.07, 6.45) is 2.97. The second-order valence-electron chi connectivity index (χ2n) is 7.38. The Hall–Kier alpha value is -1.99. The number of aromatic nitrogens is 1. The maximum Gasteiger partial charge on any atom is 0.264 e. The van der Waals surface area contributed by atoms with Crippen LogP contribution < -0.4 is 4.72 Å². The van der Waals surface area contributed by atoms with E-state index in [1.54, 1.807) is 48.6 Å². The molecule has 1 amide bonds. The number of halogens is 1. The van der Waals surface area contributed by atoms with Crippen molar-refractivity contribution in [3.63, 3.8) is 0 Å². The van der Waals surface area contributed by atoms with E-state index in [0.29, 0.717) is 35.2 Å². The number of benzene rings is 1. The van der Waals surface area contributed by atoms with Crippen LogP contribution in [-0.2, 0) is 17.1 Å². The molecule has 1 aliphatic heterocycles. The Balaban J connectivity index is 2.07. The van der Waals surface area contributed by atoms with Crippen molar-refractivity contribution < 1.29 is 13.2 Å². The van der Waals surface area contributed by atoms with Gasteiger partial charge in [0, 0.05) is 31.5 Å². The molecule has 1 aromatic carbocycles. The maximum atomic E-state index is 13.3. The van der Waals surface area contributed by atoms with Gasteiger partial charge in [0.05, 0.1) is 16.3 Å². The minimum absolute atomic E-state index is 0.0275. The van der Waals surface area contributed by atoms with E-state index in [-0.39, 0.29) is 16.4 Å². The SMILES string of the molecule is Cc1ccc(NS(=O)(=O)c2c(C(=O)N3CCCCC3)c(C)n(C)c2C)c(Cl)c1. The summed E-state index contributed by atoms with van der Waals surface area (Å²) in [5, 5.41) is 0.317. The summed E-state index contributed by atoms with van der Waals surface area (Å²) in [6.45, 7) is 6.68. The molecule has 1 saturated heterocycles. The molecule has 0 spiro atoms. The Morgan fingerprint density at radius 1 is 1.07 bits per heavy atom. The molecule has 152 valence electrons. The van der Waals surface area contributed by atoms with Crippen LogP contribution in [0.1, 0.15) is 46.6 Å². The molecule has 0 saturated carbocycles. The van der Waals surface area contributed by atoms with Gasteiger partial charge in [0.15, 0.2) is 0 Å². The van der Waals surface area contributed by atoms with Gasteiger partial charge < -0.3 is 9.47 Å². The van der Waals surface area contributed by atoms with Crippen molar-refractivity contribution in [2.24, 2.45) is 7.05 Å². The number of aryl methyl sites for hydroxylation is 1. The highest BCUT2D eigenvalue weighted by Crippen LogP contribution is 2.32. The first-order valence-corrected chi connectivity index (χ1v) is 11.2. The van der Waals surface area contributed by atoms with Crippen LogP contribution in [0.4, 0.5) is 5.69 Å². The molecule has 6 nitrogen and oxygen atoms in total. The standard InChI is InChI=1S/C20H26ClN3O3S/c1-13-8-9-17(16(21)12-13)22-28(26,27)19-15(3)23(4)14(2)18(19)20(25)24-10-6-5-7-11-24/h8-9,12,22H,5-7,10-11H2,1-4H3. The quantitative estimate of drug-likeness (QED) is 0.806. The molecular formula is C20H26ClN3O3S. The van der Waals surface area contributed by atoms with Crippen molar-refractivity contribution in [1.29, 1.82) is 0 Å². The third-order valence-corrected chi connectivity index (χ3v) is 7.26. The molecule has 1 aromatic heterocycles. The predicted molar refractivity (Wildman–Crippen MR) is 112 cm³/mol. The molecule has 0 aliphatic carbocycles. The third-order valence-electron chi connectivity index (χ3n) is 5.42. The number of carbonyl (C=O) groups excluding carboxylic acids is 1. The molecule has 1 aliphatic rings. The summed E-state index contributed by atoms with van der Waals surface area (Å²) in [4.78, 5) is 15.0. The molecule has 2 aromatic rings. The number of nitrogens with one attached hydrogen (secondary N) is 1. The summed E-state index contributed by atoms with van der Waals surface area (Å²) in [5.41, 5.74) is 2.64. The van der Waals surface area contributed by atoms with Crippen LogP contribution in [0.3, 0.4) is 0 Å². The van der Waals surface area contributed by atoms with E-state index in [2.05, 4.69) is 4.72 Å². The molecule has 2 heterocycles. The Bertz CT molecular complexity index is 1020. The van der Waals surface area contributed by atoms with Gasteiger partial charge in [-0.2, -0.15) is 0 Å². The number of anilines is 1. The number of rotatable bonds is 4. The van der Waals surface area contributed by atoms with Crippen molar-refractivity contribution in [3.05, 3.63) is 45.7 Å². The normalized spacial score (nSPS) is 15.0. The van der Waals surface area contributed by atoms with Gasteiger partial charge in [-0.05, 0) is 57.7 Å². The summed E-state index contributed by atoms with van der Waals surface area (Å²) < 4.78 is 30.9. The third kappa shape index (κ3) is 3.78. The molecular weight excluding hydrogens is 398 g/mol. The van der Waals surface area contributed by atoms with Gasteiger partial charge in [-0.15, -0.1) is 0 Å². The Morgan fingerprint density at radius 2 is 1.71 bits per heavy atom. The maximum absolute atomic E-state index is 13.3. The lowest BCUT2D eigenvalue weighted by molar-refractivity contribution is 0.0720. The van der Waals surface area contributed by atoms with E-state index in [0.717, 1.165) is 24.8 Å². The van der Waals surface area contributed by atoms with E-state index in [9.17, 15) is 13.2 Å². The summed E-state index contributed by atoms with van der Waals surface area (Å²) in [5.74, 6) is -0.226. The topological polar surface area (TPSA) is 71.4 Å². The van der Waals surface area contributed by atoms with E-state index in [1.165, 1.54) is 0 Å². The largest absolute Gasteiger partial charge is 0.350 e. The summed E-state index contributed by atoms with van der Waals surface area (Å²) in [7, 11) is -2.22. The Labute approximate surface area is 171 Å². The lowest BCUT2D eigenvalue weighted by Gasteiger charge is -2.27. The van der Waals surface area contributed by atoms with Gasteiger partial charge in [0.1, 0.15) is 4.90 Å². The minimum atomic E-state index is -4.00. The average molecular weight is 424 g/mol. The van der Waals surface area contributed by atoms with E-state index in [1.807, 2.05) is 6.92 Å². The second-order valence-corrected chi connectivity index (χ2v) is 9.40. The van der Waals surface area contributed by atoms with Gasteiger partial charge in [-0.25, -0.2) is 8.42 Å². The van der Waals surface area contributed by atoms with E-state index in [4.69, 9.17) is 11.6 Å². The van der Waals surface area contributed by atoms with Crippen molar-refractivity contribution in [2.75, 3.05) is 17.8 Å². The number of hydrogen-bond acceptors (Lipinski definition) is 3. The van der Waals surface area contributed by atoms with Crippen molar-refractivity contribution in [1.82, 2.24) is 9.47 Å². The van der Waals surface area contributed by atoms with E-state index < -0.39 is 10.0 Å². The zero-order valence-electron chi connectivity index (χ0n) is 16.7. The zero-order valence-corrected chi connectivity index (χ0v) is 18.2. The Kier molecular flexibility index (Phi) is 5.77. The summed E-state index contributed by atoms with van der Waals surface area (Å²) in [6, 6.07) is 5.11. The first-order chi connectivity index (χ1) is 13.1. The van der Waals surface area contributed by atoms with Crippen LogP contribution in [0.25, 0.3) is 0 Å². The lowest BCUT2D eigenvalue weighted by Crippen LogP contribution is -2.36. The monoisotopic (exact) mass is 423 g/mol. The molecule has 0 atom stereocenters. The van der Waals surface area contributed by atoms with Crippen molar-refractivity contribution in [3.8, 4) is 0 Å². The number of hydrogen-bond donors (Lipinski definition) is 1. The predicted octanol–water partition coefficient (Wildman–Crippen LogP) is 4.03. The Morgan fingerprint density at radius 3 is 2.32 bits per heavy atom. The fraction of sp³-hybridized carbons (Fsp3) is 0.450. The number of amides is 1. The number of nitrogens with zero attached hydrogens (tertiary/aromatic N) is 2. The first kappa shape index (κ1) is 20.7. The first-order valence-electron chi connectivity index (χ1n) is 9.37. The highest BCUT2D eigenvalue weighted by molar-refractivity contribution is 7.92. The zero-order chi connectivity index (χ0) is 20.6. The van der Waals surface area contributed by atoms with Crippen LogP contribution in [-0.4, -0.2) is 36.9 Å². The smallest absolute Gasteiger partial charge is 0.264 e. The van der Waals surface area contributed by atoms with Gasteiger partial charge in [-0.1, -0.05) is 17.7 Å². The van der Waals surface area contributed by atoms with Crippen LogP contribution in [0.15, 0.2) is 23.1 Å². The minimum Gasteiger partial charge on any atom is -0.350 e. The van der Waals surface area contributed by atoms with Gasteiger partial charge in [-0.3, -0.25) is 9.52 Å². The molecule has 28 heavy (non-hydrogen) atoms. The van der Waals surface area contributed by atoms with Crippen LogP contribution in [0.2, 0.25) is 5.02 Å². The van der Waals surface area contributed by atoms with Crippen molar-refractivity contribution in [2.45, 2.75) is 44.9 Å². The fourth-order valence-corrected chi connectivity index (χ4v) is 5.59. The van der Waals surface area contributed by atoms with Crippen LogP contribution in [0.5, 0.6) is 0 Å². The number of sulfonamides is 1. The lowest BCUT2D eigenvalue weighted by atomic mass is 10.1. The molecule has 8 heteroatoms. The average Bonchev–Trinajstić information content (AvgIpc) is 2.89. The van der Waals surface area contributed by atoms with Crippen LogP contribution in [0, 0.1) is 20.8 Å². The number of carbonyl (C=O) groups is 1. The second kappa shape index (κ2) is 7.79. The molecule has 1 N–H and O–H groups in total. The van der Waals surface area contributed by atoms with Gasteiger partial charge in [0.25, 0.3) is 15.9 Å². The van der Waals surface area contributed by atoms with Crippen LogP contribution >= 0.6 is 11.6 Å². The number of likely N-dealkylation sites (tertiary alicyclic amines) is 1. The number of piperidine rings is 1. The summed E-state index contributed by atoms with van der Waals surface area (Å²) >= 11 is 6.22. The van der Waals surface area contributed by atoms with E-state index >= 15 is 0 Å². The molecule has 0 radical (unpaired) electrons.